The summed E-state index contributed by atoms with van der Waals surface area (Å²) in [5, 5.41) is 1.25. The minimum atomic E-state index is -0.495. The first-order valence-corrected chi connectivity index (χ1v) is 13.6. The van der Waals surface area contributed by atoms with Gasteiger partial charge in [-0.05, 0) is 54.3 Å². The normalized spacial score (nSPS) is 14.7. The Kier molecular flexibility index (Phi) is 7.25. The topological polar surface area (TPSA) is 46.6 Å². The van der Waals surface area contributed by atoms with Gasteiger partial charge < -0.3 is 4.74 Å². The predicted octanol–water partition coefficient (Wildman–Crippen LogP) is 7.53. The lowest BCUT2D eigenvalue weighted by atomic mass is 10.1. The number of ether oxygens (including phenoxy) is 1. The fourth-order valence-corrected chi connectivity index (χ4v) is 6.61. The van der Waals surface area contributed by atoms with Crippen LogP contribution in [0.5, 0.6) is 5.75 Å². The van der Waals surface area contributed by atoms with Crippen molar-refractivity contribution in [3.8, 4) is 5.75 Å². The number of benzene rings is 3. The molecule has 1 aliphatic rings. The molecule has 1 saturated heterocycles. The number of amides is 1. The van der Waals surface area contributed by atoms with Gasteiger partial charge in [-0.3, -0.25) is 9.69 Å². The number of thioether (sulfide) groups is 1. The van der Waals surface area contributed by atoms with Crippen LogP contribution in [0.4, 0.5) is 0 Å². The first-order chi connectivity index (χ1) is 17.4. The summed E-state index contributed by atoms with van der Waals surface area (Å²) >= 11 is 14.5. The molecule has 180 valence electrons. The maximum atomic E-state index is 12.9. The maximum absolute atomic E-state index is 12.9. The number of carbonyl (C=O) groups excluding carboxylic acids is 2. The van der Waals surface area contributed by atoms with E-state index in [2.05, 4.69) is 0 Å². The summed E-state index contributed by atoms with van der Waals surface area (Å²) in [5.74, 6) is -0.186. The van der Waals surface area contributed by atoms with E-state index in [0.29, 0.717) is 31.4 Å². The predicted molar refractivity (Wildman–Crippen MR) is 153 cm³/mol. The van der Waals surface area contributed by atoms with Crippen LogP contribution in [0, 0.1) is 6.92 Å². The fourth-order valence-electron chi connectivity index (χ4n) is 3.82. The monoisotopic (exact) mass is 549 g/mol. The molecule has 1 amide bonds. The number of thiocarbonyl (C=S) groups is 1. The van der Waals surface area contributed by atoms with Crippen molar-refractivity contribution in [1.29, 1.82) is 0 Å². The van der Waals surface area contributed by atoms with Crippen LogP contribution in [0.3, 0.4) is 0 Å². The van der Waals surface area contributed by atoms with Crippen LogP contribution in [0.1, 0.15) is 26.4 Å². The number of hydrogen-bond donors (Lipinski definition) is 0. The van der Waals surface area contributed by atoms with Crippen molar-refractivity contribution in [2.75, 3.05) is 6.54 Å². The number of rotatable bonds is 6. The highest BCUT2D eigenvalue weighted by Gasteiger charge is 2.31. The van der Waals surface area contributed by atoms with Crippen LogP contribution in [-0.4, -0.2) is 27.6 Å². The van der Waals surface area contributed by atoms with Crippen molar-refractivity contribution in [2.45, 2.75) is 13.3 Å². The van der Waals surface area contributed by atoms with Gasteiger partial charge in [0.2, 0.25) is 0 Å². The third kappa shape index (κ3) is 5.25. The third-order valence-electron chi connectivity index (χ3n) is 5.70. The van der Waals surface area contributed by atoms with Gasteiger partial charge in [0.25, 0.3) is 5.91 Å². The molecule has 0 spiro atoms. The standard InChI is InChI=1S/C28H20ClNO3S3/c1-17-7-12-21-22(15-17)35-25(24(21)29)27(32)33-20-10-8-19(9-11-20)16-23-26(31)30(28(34)36-23)14-13-18-5-3-2-4-6-18/h2-12,15-16H,13-14H2,1H3. The summed E-state index contributed by atoms with van der Waals surface area (Å²) in [6.45, 7) is 2.54. The number of hydrogen-bond acceptors (Lipinski definition) is 6. The molecule has 4 aromatic rings. The van der Waals surface area contributed by atoms with E-state index in [1.807, 2.05) is 55.5 Å². The Labute approximate surface area is 227 Å². The van der Waals surface area contributed by atoms with Gasteiger partial charge >= 0.3 is 5.97 Å². The Morgan fingerprint density at radius 1 is 1.08 bits per heavy atom. The highest BCUT2D eigenvalue weighted by atomic mass is 35.5. The van der Waals surface area contributed by atoms with Crippen LogP contribution < -0.4 is 4.74 Å². The molecule has 1 fully saturated rings. The Balaban J connectivity index is 1.25. The summed E-state index contributed by atoms with van der Waals surface area (Å²) in [7, 11) is 0. The number of carbonyl (C=O) groups is 2. The van der Waals surface area contributed by atoms with E-state index >= 15 is 0 Å². The van der Waals surface area contributed by atoms with Crippen molar-refractivity contribution in [3.05, 3.63) is 104 Å². The molecule has 2 heterocycles. The molecule has 0 unspecified atom stereocenters. The largest absolute Gasteiger partial charge is 0.422 e. The van der Waals surface area contributed by atoms with Crippen molar-refractivity contribution < 1.29 is 14.3 Å². The number of thiophene rings is 1. The lowest BCUT2D eigenvalue weighted by Crippen LogP contribution is -2.30. The molecule has 0 N–H and O–H groups in total. The number of esters is 1. The van der Waals surface area contributed by atoms with E-state index in [4.69, 9.17) is 28.6 Å². The Hall–Kier alpha value is -2.97. The summed E-state index contributed by atoms with van der Waals surface area (Å²) < 4.78 is 7.07. The minimum absolute atomic E-state index is 0.0916. The Morgan fingerprint density at radius 3 is 2.58 bits per heavy atom. The highest BCUT2D eigenvalue weighted by molar-refractivity contribution is 8.26. The molecule has 0 bridgehead atoms. The third-order valence-corrected chi connectivity index (χ3v) is 8.71. The van der Waals surface area contributed by atoms with Crippen molar-refractivity contribution in [2.24, 2.45) is 0 Å². The highest BCUT2D eigenvalue weighted by Crippen LogP contribution is 2.37. The smallest absolute Gasteiger partial charge is 0.355 e. The SMILES string of the molecule is Cc1ccc2c(Cl)c(C(=O)Oc3ccc(C=C4SC(=S)N(CCc5ccccc5)C4=O)cc3)sc2c1. The molecule has 0 saturated carbocycles. The molecular formula is C28H20ClNO3S3. The average Bonchev–Trinajstić information content (AvgIpc) is 3.34. The second-order valence-corrected chi connectivity index (χ2v) is 11.4. The van der Waals surface area contributed by atoms with Gasteiger partial charge in [-0.1, -0.05) is 90.2 Å². The summed E-state index contributed by atoms with van der Waals surface area (Å²) in [6, 6.07) is 22.9. The van der Waals surface area contributed by atoms with Crippen LogP contribution in [0.15, 0.2) is 77.7 Å². The first-order valence-electron chi connectivity index (χ1n) is 11.2. The van der Waals surface area contributed by atoms with E-state index in [9.17, 15) is 9.59 Å². The van der Waals surface area contributed by atoms with Crippen LogP contribution >= 0.6 is 46.9 Å². The average molecular weight is 550 g/mol. The van der Waals surface area contributed by atoms with Crippen molar-refractivity contribution in [3.63, 3.8) is 0 Å². The Bertz CT molecular complexity index is 1510. The van der Waals surface area contributed by atoms with Crippen LogP contribution in [0.2, 0.25) is 5.02 Å². The fraction of sp³-hybridized carbons (Fsp3) is 0.107. The molecular weight excluding hydrogens is 530 g/mol. The second-order valence-electron chi connectivity index (χ2n) is 8.27. The van der Waals surface area contributed by atoms with E-state index in [-0.39, 0.29) is 5.91 Å². The number of fused-ring (bicyclic) bond motifs is 1. The van der Waals surface area contributed by atoms with E-state index in [1.54, 1.807) is 35.2 Å². The summed E-state index contributed by atoms with van der Waals surface area (Å²) in [6.07, 6.45) is 2.54. The van der Waals surface area contributed by atoms with E-state index < -0.39 is 5.97 Å². The summed E-state index contributed by atoms with van der Waals surface area (Å²) in [5.41, 5.74) is 3.07. The lowest BCUT2D eigenvalue weighted by molar-refractivity contribution is -0.122. The van der Waals surface area contributed by atoms with Gasteiger partial charge in [-0.15, -0.1) is 11.3 Å². The second kappa shape index (κ2) is 10.6. The molecule has 8 heteroatoms. The molecule has 0 aliphatic carbocycles. The molecule has 36 heavy (non-hydrogen) atoms. The summed E-state index contributed by atoms with van der Waals surface area (Å²) in [4.78, 5) is 28.3. The van der Waals surface area contributed by atoms with Gasteiger partial charge in [-0.25, -0.2) is 4.79 Å². The van der Waals surface area contributed by atoms with Crippen molar-refractivity contribution >= 4 is 79.3 Å². The minimum Gasteiger partial charge on any atom is -0.422 e. The molecule has 1 aliphatic heterocycles. The molecule has 0 radical (unpaired) electrons. The Morgan fingerprint density at radius 2 is 1.83 bits per heavy atom. The number of nitrogens with zero attached hydrogens (tertiary/aromatic N) is 1. The zero-order chi connectivity index (χ0) is 25.2. The quantitative estimate of drug-likeness (QED) is 0.108. The molecule has 3 aromatic carbocycles. The van der Waals surface area contributed by atoms with Gasteiger partial charge in [0.15, 0.2) is 0 Å². The van der Waals surface area contributed by atoms with Gasteiger partial charge in [0, 0.05) is 16.6 Å². The number of halogens is 1. The van der Waals surface area contributed by atoms with Gasteiger partial charge in [-0.2, -0.15) is 0 Å². The maximum Gasteiger partial charge on any atom is 0.355 e. The molecule has 5 rings (SSSR count). The van der Waals surface area contributed by atoms with Crippen LogP contribution in [0.25, 0.3) is 16.2 Å². The molecule has 4 nitrogen and oxygen atoms in total. The number of aryl methyl sites for hydroxylation is 1. The van der Waals surface area contributed by atoms with Gasteiger partial charge in [0.05, 0.1) is 9.93 Å². The molecule has 0 atom stereocenters. The van der Waals surface area contributed by atoms with Crippen molar-refractivity contribution in [1.82, 2.24) is 4.90 Å². The molecule has 1 aromatic heterocycles. The van der Waals surface area contributed by atoms with Gasteiger partial charge in [0.1, 0.15) is 14.9 Å². The zero-order valence-corrected chi connectivity index (χ0v) is 22.4. The lowest BCUT2D eigenvalue weighted by Gasteiger charge is -2.14. The van der Waals surface area contributed by atoms with E-state index in [1.165, 1.54) is 23.1 Å². The van der Waals surface area contributed by atoms with E-state index in [0.717, 1.165) is 33.2 Å². The first kappa shape index (κ1) is 24.7. The zero-order valence-electron chi connectivity index (χ0n) is 19.2. The van der Waals surface area contributed by atoms with Crippen LogP contribution in [-0.2, 0) is 11.2 Å².